The van der Waals surface area contributed by atoms with Gasteiger partial charge in [-0.1, -0.05) is 30.3 Å². The molecule has 1 aromatic heterocycles. The summed E-state index contributed by atoms with van der Waals surface area (Å²) in [7, 11) is 3.88. The summed E-state index contributed by atoms with van der Waals surface area (Å²) in [6.45, 7) is 3.32. The molecular formula is C18H23N5O. The molecule has 1 aliphatic heterocycles. The first-order chi connectivity index (χ1) is 11.5. The van der Waals surface area contributed by atoms with Crippen LogP contribution in [-0.4, -0.2) is 47.5 Å². The van der Waals surface area contributed by atoms with Crippen molar-refractivity contribution in [3.8, 4) is 0 Å². The van der Waals surface area contributed by atoms with Crippen molar-refractivity contribution in [3.05, 3.63) is 47.7 Å². The van der Waals surface area contributed by atoms with Gasteiger partial charge in [0.1, 0.15) is 11.9 Å². The Morgan fingerprint density at radius 1 is 1.25 bits per heavy atom. The maximum atomic E-state index is 12.6. The fourth-order valence-corrected chi connectivity index (χ4v) is 2.84. The third-order valence-electron chi connectivity index (χ3n) is 4.12. The molecule has 0 spiro atoms. The van der Waals surface area contributed by atoms with Crippen molar-refractivity contribution < 1.29 is 4.79 Å². The fraction of sp³-hybridized carbons (Fsp3) is 0.389. The summed E-state index contributed by atoms with van der Waals surface area (Å²) in [4.78, 5) is 25.3. The quantitative estimate of drug-likeness (QED) is 0.912. The summed E-state index contributed by atoms with van der Waals surface area (Å²) >= 11 is 0. The third-order valence-corrected chi connectivity index (χ3v) is 4.12. The molecule has 0 bridgehead atoms. The molecule has 1 aliphatic rings. The van der Waals surface area contributed by atoms with Gasteiger partial charge in [-0.25, -0.2) is 4.98 Å². The number of aromatic nitrogens is 2. The number of rotatable bonds is 5. The van der Waals surface area contributed by atoms with E-state index in [2.05, 4.69) is 15.3 Å². The zero-order valence-corrected chi connectivity index (χ0v) is 14.4. The second-order valence-electron chi connectivity index (χ2n) is 6.32. The van der Waals surface area contributed by atoms with Gasteiger partial charge in [0.25, 0.3) is 0 Å². The smallest absolute Gasteiger partial charge is 0.245 e. The number of nitrogens with zero attached hydrogens (tertiary/aromatic N) is 4. The standard InChI is InChI=1S/C18H23N5O/c1-13-11-16(22(2)3)21-18(19-13)20-15-9-10-23(17(15)24)12-14-7-5-4-6-8-14/h4-8,11,15H,9-10,12H2,1-3H3,(H,19,20,21)/t15-/m0/s1. The Balaban J connectivity index is 1.68. The first-order valence-electron chi connectivity index (χ1n) is 8.15. The second-order valence-corrected chi connectivity index (χ2v) is 6.32. The highest BCUT2D eigenvalue weighted by molar-refractivity contribution is 5.86. The normalized spacial score (nSPS) is 17.2. The summed E-state index contributed by atoms with van der Waals surface area (Å²) in [5.41, 5.74) is 2.02. The van der Waals surface area contributed by atoms with Crippen LogP contribution in [0.25, 0.3) is 0 Å². The lowest BCUT2D eigenvalue weighted by molar-refractivity contribution is -0.128. The molecule has 2 aromatic rings. The molecule has 1 atom stereocenters. The van der Waals surface area contributed by atoms with Crippen LogP contribution in [0.5, 0.6) is 0 Å². The van der Waals surface area contributed by atoms with Gasteiger partial charge in [0.15, 0.2) is 0 Å². The van der Waals surface area contributed by atoms with Gasteiger partial charge < -0.3 is 15.1 Å². The monoisotopic (exact) mass is 325 g/mol. The molecule has 1 fully saturated rings. The van der Waals surface area contributed by atoms with E-state index in [4.69, 9.17) is 0 Å². The Kier molecular flexibility index (Phi) is 4.64. The highest BCUT2D eigenvalue weighted by atomic mass is 16.2. The average molecular weight is 325 g/mol. The van der Waals surface area contributed by atoms with E-state index in [0.717, 1.165) is 30.0 Å². The van der Waals surface area contributed by atoms with E-state index in [1.54, 1.807) is 0 Å². The number of carbonyl (C=O) groups is 1. The van der Waals surface area contributed by atoms with Crippen LogP contribution in [0, 0.1) is 6.92 Å². The highest BCUT2D eigenvalue weighted by Crippen LogP contribution is 2.19. The van der Waals surface area contributed by atoms with Crippen molar-refractivity contribution in [1.29, 1.82) is 0 Å². The molecule has 1 saturated heterocycles. The Bertz CT molecular complexity index is 717. The molecule has 6 nitrogen and oxygen atoms in total. The van der Waals surface area contributed by atoms with Crippen LogP contribution in [0.4, 0.5) is 11.8 Å². The van der Waals surface area contributed by atoms with Crippen LogP contribution < -0.4 is 10.2 Å². The van der Waals surface area contributed by atoms with Crippen LogP contribution >= 0.6 is 0 Å². The number of aryl methyl sites for hydroxylation is 1. The summed E-state index contributed by atoms with van der Waals surface area (Å²) < 4.78 is 0. The lowest BCUT2D eigenvalue weighted by Crippen LogP contribution is -2.33. The van der Waals surface area contributed by atoms with Crippen molar-refractivity contribution in [3.63, 3.8) is 0 Å². The van der Waals surface area contributed by atoms with E-state index in [1.165, 1.54) is 0 Å². The average Bonchev–Trinajstić information content (AvgIpc) is 2.88. The molecule has 0 unspecified atom stereocenters. The molecule has 1 amide bonds. The zero-order chi connectivity index (χ0) is 17.1. The molecule has 6 heteroatoms. The van der Waals surface area contributed by atoms with Crippen LogP contribution in [0.2, 0.25) is 0 Å². The van der Waals surface area contributed by atoms with Gasteiger partial charge in [-0.05, 0) is 18.9 Å². The molecule has 2 heterocycles. The van der Waals surface area contributed by atoms with E-state index in [-0.39, 0.29) is 11.9 Å². The Hall–Kier alpha value is -2.63. The predicted molar refractivity (Wildman–Crippen MR) is 95.0 cm³/mol. The second kappa shape index (κ2) is 6.86. The van der Waals surface area contributed by atoms with E-state index in [9.17, 15) is 4.79 Å². The number of hydrogen-bond acceptors (Lipinski definition) is 5. The van der Waals surface area contributed by atoms with Crippen LogP contribution in [0.15, 0.2) is 36.4 Å². The lowest BCUT2D eigenvalue weighted by atomic mass is 10.2. The first-order valence-corrected chi connectivity index (χ1v) is 8.15. The van der Waals surface area contributed by atoms with E-state index >= 15 is 0 Å². The van der Waals surface area contributed by atoms with Gasteiger partial charge in [-0.3, -0.25) is 4.79 Å². The largest absolute Gasteiger partial charge is 0.363 e. The number of amides is 1. The summed E-state index contributed by atoms with van der Waals surface area (Å²) in [5, 5.41) is 3.20. The number of likely N-dealkylation sites (tertiary alicyclic amines) is 1. The van der Waals surface area contributed by atoms with E-state index in [0.29, 0.717) is 12.5 Å². The minimum absolute atomic E-state index is 0.107. The van der Waals surface area contributed by atoms with Gasteiger partial charge in [0, 0.05) is 38.9 Å². The van der Waals surface area contributed by atoms with Crippen LogP contribution in [0.3, 0.4) is 0 Å². The van der Waals surface area contributed by atoms with E-state index < -0.39 is 0 Å². The minimum Gasteiger partial charge on any atom is -0.363 e. The molecule has 0 saturated carbocycles. The van der Waals surface area contributed by atoms with Crippen molar-refractivity contribution >= 4 is 17.7 Å². The van der Waals surface area contributed by atoms with Gasteiger partial charge in [0.05, 0.1) is 0 Å². The maximum absolute atomic E-state index is 12.6. The maximum Gasteiger partial charge on any atom is 0.245 e. The molecule has 24 heavy (non-hydrogen) atoms. The summed E-state index contributed by atoms with van der Waals surface area (Å²) in [6.07, 6.45) is 0.764. The number of hydrogen-bond donors (Lipinski definition) is 1. The molecule has 3 rings (SSSR count). The molecule has 126 valence electrons. The van der Waals surface area contributed by atoms with Crippen molar-refractivity contribution in [2.45, 2.75) is 25.9 Å². The van der Waals surface area contributed by atoms with Crippen molar-refractivity contribution in [1.82, 2.24) is 14.9 Å². The molecular weight excluding hydrogens is 302 g/mol. The minimum atomic E-state index is -0.259. The molecule has 1 N–H and O–H groups in total. The molecule has 0 aliphatic carbocycles. The summed E-state index contributed by atoms with van der Waals surface area (Å²) in [5.74, 6) is 1.45. The third kappa shape index (κ3) is 3.64. The first kappa shape index (κ1) is 16.2. The molecule has 0 radical (unpaired) electrons. The van der Waals surface area contributed by atoms with Gasteiger partial charge in [0.2, 0.25) is 11.9 Å². The SMILES string of the molecule is Cc1cc(N(C)C)nc(N[C@H]2CCN(Cc3ccccc3)C2=O)n1. The lowest BCUT2D eigenvalue weighted by Gasteiger charge is -2.18. The van der Waals surface area contributed by atoms with Crippen LogP contribution in [0.1, 0.15) is 17.7 Å². The number of benzene rings is 1. The Labute approximate surface area is 142 Å². The van der Waals surface area contributed by atoms with Gasteiger partial charge >= 0.3 is 0 Å². The predicted octanol–water partition coefficient (Wildman–Crippen LogP) is 2.06. The number of carbonyl (C=O) groups excluding carboxylic acids is 1. The Morgan fingerprint density at radius 3 is 2.71 bits per heavy atom. The topological polar surface area (TPSA) is 61.4 Å². The van der Waals surface area contributed by atoms with Crippen molar-refractivity contribution in [2.24, 2.45) is 0 Å². The number of anilines is 2. The van der Waals surface area contributed by atoms with Crippen LogP contribution in [-0.2, 0) is 11.3 Å². The molecule has 1 aromatic carbocycles. The van der Waals surface area contributed by atoms with Gasteiger partial charge in [-0.2, -0.15) is 4.98 Å². The Morgan fingerprint density at radius 2 is 2.00 bits per heavy atom. The highest BCUT2D eigenvalue weighted by Gasteiger charge is 2.32. The zero-order valence-electron chi connectivity index (χ0n) is 14.4. The fourth-order valence-electron chi connectivity index (χ4n) is 2.84. The van der Waals surface area contributed by atoms with E-state index in [1.807, 2.05) is 67.2 Å². The van der Waals surface area contributed by atoms with Crippen molar-refractivity contribution in [2.75, 3.05) is 30.9 Å². The summed E-state index contributed by atoms with van der Waals surface area (Å²) in [6, 6.07) is 11.7. The number of nitrogens with one attached hydrogen (secondary N) is 1. The van der Waals surface area contributed by atoms with Gasteiger partial charge in [-0.15, -0.1) is 0 Å².